The average molecular weight is 411 g/mol. The normalized spacial score (nSPS) is 29.0. The molecule has 8 heteroatoms. The summed E-state index contributed by atoms with van der Waals surface area (Å²) in [5.41, 5.74) is 0.539. The second kappa shape index (κ2) is 9.09. The lowest BCUT2D eigenvalue weighted by atomic mass is 9.85. The number of fused-ring (bicyclic) bond motifs is 1. The van der Waals surface area contributed by atoms with Gasteiger partial charge in [-0.05, 0) is 55.9 Å². The predicted octanol–water partition coefficient (Wildman–Crippen LogP) is 2.89. The highest BCUT2D eigenvalue weighted by molar-refractivity contribution is 5.89. The predicted molar refractivity (Wildman–Crippen MR) is 108 cm³/mol. The summed E-state index contributed by atoms with van der Waals surface area (Å²) in [4.78, 5) is 26.8. The van der Waals surface area contributed by atoms with E-state index < -0.39 is 0 Å². The maximum Gasteiger partial charge on any atom is 0.319 e. The van der Waals surface area contributed by atoms with Crippen LogP contribution in [0.1, 0.15) is 38.5 Å². The number of hydrogen-bond donors (Lipinski definition) is 3. The molecule has 3 fully saturated rings. The van der Waals surface area contributed by atoms with Crippen molar-refractivity contribution in [2.24, 2.45) is 5.92 Å². The molecule has 3 amide bonds. The molecule has 2 saturated heterocycles. The van der Waals surface area contributed by atoms with E-state index in [-0.39, 0.29) is 42.2 Å². The van der Waals surface area contributed by atoms with Crippen molar-refractivity contribution in [2.45, 2.75) is 56.7 Å². The number of benzene rings is 1. The maximum atomic E-state index is 12.9. The molecule has 1 aromatic rings. The van der Waals surface area contributed by atoms with Gasteiger partial charge >= 0.3 is 6.03 Å². The van der Waals surface area contributed by atoms with E-state index in [0.29, 0.717) is 30.7 Å². The number of nitrogens with zero attached hydrogens (tertiary/aromatic N) is 1. The van der Waals surface area contributed by atoms with Gasteiger partial charge in [-0.3, -0.25) is 4.79 Å². The first-order valence-electron chi connectivity index (χ1n) is 9.96. The molecule has 4 rings (SSSR count). The Morgan fingerprint density at radius 1 is 1.11 bits per heavy atom. The molecule has 1 aromatic carbocycles. The fraction of sp³-hybridized carbons (Fsp3) is 0.600. The lowest BCUT2D eigenvalue weighted by Crippen LogP contribution is -2.46. The molecule has 6 nitrogen and oxygen atoms in total. The average Bonchev–Trinajstić information content (AvgIpc) is 3.29. The molecule has 154 valence electrons. The SMILES string of the molecule is Cl.O=C(Nc1ccc(F)cc1)NC1CCN(C(=O)C2CC3CCCCC3N2)C1. The van der Waals surface area contributed by atoms with E-state index in [4.69, 9.17) is 0 Å². The van der Waals surface area contributed by atoms with Crippen LogP contribution in [-0.2, 0) is 4.79 Å². The lowest BCUT2D eigenvalue weighted by molar-refractivity contribution is -0.132. The van der Waals surface area contributed by atoms with Crippen molar-refractivity contribution in [2.75, 3.05) is 18.4 Å². The van der Waals surface area contributed by atoms with Gasteiger partial charge in [-0.25, -0.2) is 9.18 Å². The zero-order valence-electron chi connectivity index (χ0n) is 15.8. The van der Waals surface area contributed by atoms with Crippen LogP contribution in [0, 0.1) is 11.7 Å². The van der Waals surface area contributed by atoms with Crippen LogP contribution in [0.3, 0.4) is 0 Å². The molecular formula is C20H28ClFN4O2. The highest BCUT2D eigenvalue weighted by Crippen LogP contribution is 2.34. The van der Waals surface area contributed by atoms with Crippen molar-refractivity contribution < 1.29 is 14.0 Å². The van der Waals surface area contributed by atoms with E-state index in [1.807, 2.05) is 4.90 Å². The Labute approximate surface area is 171 Å². The summed E-state index contributed by atoms with van der Waals surface area (Å²) in [5.74, 6) is 0.477. The summed E-state index contributed by atoms with van der Waals surface area (Å²) in [5, 5.41) is 9.15. The van der Waals surface area contributed by atoms with Gasteiger partial charge < -0.3 is 20.9 Å². The van der Waals surface area contributed by atoms with E-state index >= 15 is 0 Å². The van der Waals surface area contributed by atoms with Crippen molar-refractivity contribution in [3.05, 3.63) is 30.1 Å². The fourth-order valence-electron chi connectivity index (χ4n) is 4.69. The number of carbonyl (C=O) groups excluding carboxylic acids is 2. The summed E-state index contributed by atoms with van der Waals surface area (Å²) in [6, 6.07) is 5.70. The molecule has 4 atom stereocenters. The first-order chi connectivity index (χ1) is 13.1. The minimum atomic E-state index is -0.341. The van der Waals surface area contributed by atoms with Crippen molar-refractivity contribution in [3.63, 3.8) is 0 Å². The Hall–Kier alpha value is -1.86. The molecule has 4 unspecified atom stereocenters. The molecular weight excluding hydrogens is 383 g/mol. The van der Waals surface area contributed by atoms with Crippen molar-refractivity contribution in [3.8, 4) is 0 Å². The van der Waals surface area contributed by atoms with Crippen LogP contribution in [0.5, 0.6) is 0 Å². The zero-order valence-corrected chi connectivity index (χ0v) is 16.6. The van der Waals surface area contributed by atoms with E-state index in [9.17, 15) is 14.0 Å². The number of nitrogens with one attached hydrogen (secondary N) is 3. The van der Waals surface area contributed by atoms with Gasteiger partial charge in [-0.1, -0.05) is 12.8 Å². The van der Waals surface area contributed by atoms with Crippen LogP contribution in [0.15, 0.2) is 24.3 Å². The number of halogens is 2. The molecule has 28 heavy (non-hydrogen) atoms. The second-order valence-corrected chi connectivity index (χ2v) is 7.98. The molecule has 2 aliphatic heterocycles. The van der Waals surface area contributed by atoms with Gasteiger partial charge in [0.1, 0.15) is 5.82 Å². The summed E-state index contributed by atoms with van der Waals surface area (Å²) in [7, 11) is 0. The van der Waals surface area contributed by atoms with Crippen LogP contribution in [0.4, 0.5) is 14.9 Å². The standard InChI is InChI=1S/C20H27FN4O2.ClH/c21-14-5-7-15(8-6-14)22-20(27)23-16-9-10-25(12-16)19(26)18-11-13-3-1-2-4-17(13)24-18;/h5-8,13,16-18,24H,1-4,9-12H2,(H2,22,23,27);1H. The summed E-state index contributed by atoms with van der Waals surface area (Å²) in [6.45, 7) is 1.22. The molecule has 0 radical (unpaired) electrons. The minimum Gasteiger partial charge on any atom is -0.339 e. The van der Waals surface area contributed by atoms with Crippen molar-refractivity contribution >= 4 is 30.0 Å². The number of anilines is 1. The van der Waals surface area contributed by atoms with Gasteiger partial charge in [-0.2, -0.15) is 0 Å². The van der Waals surface area contributed by atoms with E-state index in [2.05, 4.69) is 16.0 Å². The maximum absolute atomic E-state index is 12.9. The molecule has 3 N–H and O–H groups in total. The summed E-state index contributed by atoms with van der Waals surface area (Å²) >= 11 is 0. The van der Waals surface area contributed by atoms with E-state index in [0.717, 1.165) is 12.8 Å². The van der Waals surface area contributed by atoms with Gasteiger partial charge in [0.05, 0.1) is 6.04 Å². The third-order valence-corrected chi connectivity index (χ3v) is 6.10. The molecule has 2 heterocycles. The minimum absolute atomic E-state index is 0. The number of hydrogen-bond acceptors (Lipinski definition) is 3. The van der Waals surface area contributed by atoms with Gasteiger partial charge in [0.2, 0.25) is 5.91 Å². The van der Waals surface area contributed by atoms with Crippen LogP contribution < -0.4 is 16.0 Å². The molecule has 1 aliphatic carbocycles. The van der Waals surface area contributed by atoms with Crippen molar-refractivity contribution in [1.29, 1.82) is 0 Å². The van der Waals surface area contributed by atoms with Crippen LogP contribution in [0.25, 0.3) is 0 Å². The lowest BCUT2D eigenvalue weighted by Gasteiger charge is -2.24. The van der Waals surface area contributed by atoms with Gasteiger partial charge in [0, 0.05) is 30.9 Å². The molecule has 3 aliphatic rings. The number of carbonyl (C=O) groups is 2. The van der Waals surface area contributed by atoms with Crippen LogP contribution in [0.2, 0.25) is 0 Å². The zero-order chi connectivity index (χ0) is 18.8. The summed E-state index contributed by atoms with van der Waals surface area (Å²) < 4.78 is 12.9. The van der Waals surface area contributed by atoms with Crippen molar-refractivity contribution in [1.82, 2.24) is 15.5 Å². The Morgan fingerprint density at radius 3 is 2.61 bits per heavy atom. The Balaban J connectivity index is 0.00000225. The topological polar surface area (TPSA) is 73.5 Å². The number of urea groups is 1. The molecule has 0 bridgehead atoms. The van der Waals surface area contributed by atoms with E-state index in [1.165, 1.54) is 49.9 Å². The number of likely N-dealkylation sites (tertiary alicyclic amines) is 1. The number of rotatable bonds is 3. The third-order valence-electron chi connectivity index (χ3n) is 6.10. The monoisotopic (exact) mass is 410 g/mol. The first kappa shape index (κ1) is 20.9. The molecule has 0 spiro atoms. The third kappa shape index (κ3) is 4.75. The summed E-state index contributed by atoms with van der Waals surface area (Å²) in [6.07, 6.45) is 6.65. The van der Waals surface area contributed by atoms with Gasteiger partial charge in [0.25, 0.3) is 0 Å². The first-order valence-corrected chi connectivity index (χ1v) is 9.96. The fourth-order valence-corrected chi connectivity index (χ4v) is 4.69. The molecule has 1 saturated carbocycles. The smallest absolute Gasteiger partial charge is 0.319 e. The van der Waals surface area contributed by atoms with Crippen LogP contribution in [-0.4, -0.2) is 48.1 Å². The molecule has 0 aromatic heterocycles. The largest absolute Gasteiger partial charge is 0.339 e. The Morgan fingerprint density at radius 2 is 1.86 bits per heavy atom. The van der Waals surface area contributed by atoms with Gasteiger partial charge in [0.15, 0.2) is 0 Å². The van der Waals surface area contributed by atoms with E-state index in [1.54, 1.807) is 0 Å². The second-order valence-electron chi connectivity index (χ2n) is 7.98. The Bertz CT molecular complexity index is 688. The highest BCUT2D eigenvalue weighted by atomic mass is 35.5. The Kier molecular flexibility index (Phi) is 6.78. The quantitative estimate of drug-likeness (QED) is 0.717. The van der Waals surface area contributed by atoms with Gasteiger partial charge in [-0.15, -0.1) is 12.4 Å². The van der Waals surface area contributed by atoms with Crippen LogP contribution >= 0.6 is 12.4 Å². The number of amides is 3. The highest BCUT2D eigenvalue weighted by Gasteiger charge is 2.41.